The third-order valence-corrected chi connectivity index (χ3v) is 3.32. The molecule has 4 heteroatoms. The van der Waals surface area contributed by atoms with Crippen LogP contribution in [0.5, 0.6) is 0 Å². The number of ether oxygens (including phenoxy) is 1. The van der Waals surface area contributed by atoms with Crippen LogP contribution in [0, 0.1) is 0 Å². The molecule has 0 aliphatic heterocycles. The molecule has 0 aliphatic rings. The quantitative estimate of drug-likeness (QED) is 0.618. The van der Waals surface area contributed by atoms with Crippen molar-refractivity contribution in [3.63, 3.8) is 0 Å². The van der Waals surface area contributed by atoms with Gasteiger partial charge in [-0.05, 0) is 33.5 Å². The van der Waals surface area contributed by atoms with Crippen LogP contribution in [0.25, 0.3) is 0 Å². The molecule has 0 saturated heterocycles. The summed E-state index contributed by atoms with van der Waals surface area (Å²) in [6.07, 6.45) is -0.256. The number of likely N-dealkylation sites (N-methyl/N-ethyl adjacent to an activating group) is 1. The number of nitrogens with zero attached hydrogens (tertiary/aromatic N) is 1. The van der Waals surface area contributed by atoms with E-state index in [2.05, 4.69) is 15.9 Å². The van der Waals surface area contributed by atoms with Gasteiger partial charge in [-0.15, -0.1) is 0 Å². The highest BCUT2D eigenvalue weighted by atomic mass is 79.9. The van der Waals surface area contributed by atoms with Crippen LogP contribution in [0.3, 0.4) is 0 Å². The molecule has 0 fully saturated rings. The fraction of sp³-hybridized carbons (Fsp3) is 0.500. The molecule has 0 radical (unpaired) electrons. The number of carbonyl (C=O) groups excluding carboxylic acids is 1. The lowest BCUT2D eigenvalue weighted by atomic mass is 10.0. The zero-order chi connectivity index (χ0) is 13.7. The van der Waals surface area contributed by atoms with Gasteiger partial charge in [-0.25, -0.2) is 0 Å². The molecule has 0 aliphatic carbocycles. The monoisotopic (exact) mass is 313 g/mol. The summed E-state index contributed by atoms with van der Waals surface area (Å²) in [5.74, 6) is -0.238. The second-order valence-electron chi connectivity index (χ2n) is 4.59. The number of hydrogen-bond donors (Lipinski definition) is 0. The van der Waals surface area contributed by atoms with Gasteiger partial charge >= 0.3 is 5.97 Å². The molecule has 0 spiro atoms. The molecular formula is C14H20BrNO2. The predicted molar refractivity (Wildman–Crippen MR) is 76.8 cm³/mol. The fourth-order valence-electron chi connectivity index (χ4n) is 1.58. The summed E-state index contributed by atoms with van der Waals surface area (Å²) in [4.78, 5) is 13.5. The van der Waals surface area contributed by atoms with Crippen LogP contribution >= 0.6 is 15.9 Å². The first-order valence-corrected chi connectivity index (χ1v) is 6.91. The Hall–Kier alpha value is -0.870. The summed E-state index contributed by atoms with van der Waals surface area (Å²) >= 11 is 3.24. The van der Waals surface area contributed by atoms with Gasteiger partial charge < -0.3 is 9.64 Å². The van der Waals surface area contributed by atoms with E-state index in [4.69, 9.17) is 4.74 Å². The van der Waals surface area contributed by atoms with Crippen LogP contribution < -0.4 is 0 Å². The SMILES string of the molecule is CC(Br)C(=O)O[C@@H](c1ccccc1)[C@H](C)N(C)C. The molecule has 1 unspecified atom stereocenters. The lowest BCUT2D eigenvalue weighted by Crippen LogP contribution is -2.34. The molecule has 18 heavy (non-hydrogen) atoms. The molecule has 0 heterocycles. The van der Waals surface area contributed by atoms with Crippen LogP contribution in [-0.4, -0.2) is 35.8 Å². The van der Waals surface area contributed by atoms with Gasteiger partial charge in [0.05, 0.1) is 0 Å². The topological polar surface area (TPSA) is 29.5 Å². The molecule has 100 valence electrons. The smallest absolute Gasteiger partial charge is 0.320 e. The molecule has 0 saturated carbocycles. The highest BCUT2D eigenvalue weighted by molar-refractivity contribution is 9.10. The lowest BCUT2D eigenvalue weighted by Gasteiger charge is -2.29. The van der Waals surface area contributed by atoms with Crippen molar-refractivity contribution in [2.45, 2.75) is 30.8 Å². The van der Waals surface area contributed by atoms with E-state index in [1.807, 2.05) is 56.3 Å². The highest BCUT2D eigenvalue weighted by Crippen LogP contribution is 2.25. The Morgan fingerprint density at radius 2 is 1.78 bits per heavy atom. The average Bonchev–Trinajstić information content (AvgIpc) is 2.35. The number of benzene rings is 1. The fourth-order valence-corrected chi connectivity index (χ4v) is 1.69. The summed E-state index contributed by atoms with van der Waals surface area (Å²) in [5, 5.41) is 0. The van der Waals surface area contributed by atoms with Crippen LogP contribution in [-0.2, 0) is 9.53 Å². The van der Waals surface area contributed by atoms with Gasteiger partial charge in [0.15, 0.2) is 0 Å². The number of carbonyl (C=O) groups is 1. The molecule has 0 amide bonds. The van der Waals surface area contributed by atoms with Crippen molar-refractivity contribution >= 4 is 21.9 Å². The molecule has 1 aromatic rings. The summed E-state index contributed by atoms with van der Waals surface area (Å²) in [6.45, 7) is 3.81. The van der Waals surface area contributed by atoms with Crippen molar-refractivity contribution in [1.82, 2.24) is 4.90 Å². The molecule has 3 nitrogen and oxygen atoms in total. The van der Waals surface area contributed by atoms with Gasteiger partial charge in [-0.3, -0.25) is 4.79 Å². The minimum Gasteiger partial charge on any atom is -0.455 e. The number of hydrogen-bond acceptors (Lipinski definition) is 3. The number of esters is 1. The van der Waals surface area contributed by atoms with Crippen LogP contribution in [0.1, 0.15) is 25.5 Å². The second kappa shape index (κ2) is 6.90. The van der Waals surface area contributed by atoms with Gasteiger partial charge in [0.25, 0.3) is 0 Å². The Balaban J connectivity index is 2.93. The van der Waals surface area contributed by atoms with E-state index < -0.39 is 0 Å². The summed E-state index contributed by atoms with van der Waals surface area (Å²) in [7, 11) is 3.96. The Morgan fingerprint density at radius 3 is 2.22 bits per heavy atom. The molecule has 0 aromatic heterocycles. The van der Waals surface area contributed by atoms with Crippen molar-refractivity contribution in [3.8, 4) is 0 Å². The van der Waals surface area contributed by atoms with Crippen molar-refractivity contribution in [2.75, 3.05) is 14.1 Å². The van der Waals surface area contributed by atoms with E-state index in [-0.39, 0.29) is 22.9 Å². The minimum atomic E-state index is -0.293. The van der Waals surface area contributed by atoms with Crippen LogP contribution in [0.2, 0.25) is 0 Å². The summed E-state index contributed by atoms with van der Waals surface area (Å²) in [5.41, 5.74) is 1.01. The Labute approximate surface area is 117 Å². The first-order chi connectivity index (χ1) is 8.43. The Kier molecular flexibility index (Phi) is 5.82. The van der Waals surface area contributed by atoms with Crippen molar-refractivity contribution in [1.29, 1.82) is 0 Å². The zero-order valence-electron chi connectivity index (χ0n) is 11.3. The van der Waals surface area contributed by atoms with Crippen LogP contribution in [0.4, 0.5) is 0 Å². The number of halogens is 1. The Bertz CT molecular complexity index is 379. The normalized spacial score (nSPS) is 16.1. The van der Waals surface area contributed by atoms with Gasteiger partial charge in [0, 0.05) is 6.04 Å². The van der Waals surface area contributed by atoms with Gasteiger partial charge in [0.2, 0.25) is 0 Å². The molecular weight excluding hydrogens is 294 g/mol. The van der Waals surface area contributed by atoms with E-state index >= 15 is 0 Å². The summed E-state index contributed by atoms with van der Waals surface area (Å²) in [6, 6.07) is 9.94. The van der Waals surface area contributed by atoms with Crippen LogP contribution in [0.15, 0.2) is 30.3 Å². The van der Waals surface area contributed by atoms with E-state index in [1.54, 1.807) is 6.92 Å². The lowest BCUT2D eigenvalue weighted by molar-refractivity contribution is -0.151. The molecule has 0 N–H and O–H groups in total. The average molecular weight is 314 g/mol. The highest BCUT2D eigenvalue weighted by Gasteiger charge is 2.26. The van der Waals surface area contributed by atoms with Gasteiger partial charge in [0.1, 0.15) is 10.9 Å². The van der Waals surface area contributed by atoms with Crippen molar-refractivity contribution in [2.24, 2.45) is 0 Å². The van der Waals surface area contributed by atoms with E-state index in [0.717, 1.165) is 5.56 Å². The number of rotatable bonds is 5. The third-order valence-electron chi connectivity index (χ3n) is 2.95. The zero-order valence-corrected chi connectivity index (χ0v) is 12.8. The molecule has 1 aromatic carbocycles. The second-order valence-corrected chi connectivity index (χ2v) is 5.96. The maximum atomic E-state index is 11.8. The maximum Gasteiger partial charge on any atom is 0.320 e. The Morgan fingerprint density at radius 1 is 1.22 bits per heavy atom. The van der Waals surface area contributed by atoms with E-state index in [0.29, 0.717) is 0 Å². The van der Waals surface area contributed by atoms with E-state index in [9.17, 15) is 4.79 Å². The summed E-state index contributed by atoms with van der Waals surface area (Å²) < 4.78 is 5.59. The number of alkyl halides is 1. The molecule has 3 atom stereocenters. The largest absolute Gasteiger partial charge is 0.455 e. The third kappa shape index (κ3) is 4.10. The predicted octanol–water partition coefficient (Wildman–Crippen LogP) is 3.00. The van der Waals surface area contributed by atoms with Gasteiger partial charge in [-0.2, -0.15) is 0 Å². The molecule has 0 bridgehead atoms. The molecule has 1 rings (SSSR count). The van der Waals surface area contributed by atoms with E-state index in [1.165, 1.54) is 0 Å². The van der Waals surface area contributed by atoms with Gasteiger partial charge in [-0.1, -0.05) is 46.3 Å². The minimum absolute atomic E-state index is 0.114. The first kappa shape index (κ1) is 15.2. The standard InChI is InChI=1S/C14H20BrNO2/c1-10(15)14(17)18-13(11(2)16(3)4)12-8-6-5-7-9-12/h5-11,13H,1-4H3/t10?,11-,13+/m0/s1. The van der Waals surface area contributed by atoms with Crippen molar-refractivity contribution < 1.29 is 9.53 Å². The maximum absolute atomic E-state index is 11.8. The van der Waals surface area contributed by atoms with Crippen molar-refractivity contribution in [3.05, 3.63) is 35.9 Å². The first-order valence-electron chi connectivity index (χ1n) is 5.99.